The minimum Gasteiger partial charge on any atom is -0.465 e. The largest absolute Gasteiger partial charge is 0.465 e. The van der Waals surface area contributed by atoms with E-state index in [1.165, 1.54) is 0 Å². The Kier molecular flexibility index (Phi) is 5.90. The highest BCUT2D eigenvalue weighted by molar-refractivity contribution is 5.68. The first kappa shape index (κ1) is 18.7. The van der Waals surface area contributed by atoms with Gasteiger partial charge >= 0.3 is 12.2 Å². The zero-order chi connectivity index (χ0) is 19.2. The molecule has 0 saturated heterocycles. The summed E-state index contributed by atoms with van der Waals surface area (Å²) in [6, 6.07) is 8.88. The van der Waals surface area contributed by atoms with Gasteiger partial charge in [0.25, 0.3) is 0 Å². The molecule has 1 unspecified atom stereocenters. The highest BCUT2D eigenvalue weighted by atomic mass is 16.5. The minimum atomic E-state index is -1.07. The summed E-state index contributed by atoms with van der Waals surface area (Å²) in [5.74, 6) is 0.586. The number of carboxylic acid groups (broad SMARTS) is 1. The van der Waals surface area contributed by atoms with Gasteiger partial charge in [-0.15, -0.1) is 0 Å². The Balaban J connectivity index is 1.63. The number of alkyl carbamates (subject to hydrolysis) is 1. The molecule has 1 aromatic heterocycles. The van der Waals surface area contributed by atoms with Gasteiger partial charge in [-0.05, 0) is 31.7 Å². The third kappa shape index (κ3) is 5.19. The molecule has 0 radical (unpaired) electrons. The Morgan fingerprint density at radius 2 is 2.04 bits per heavy atom. The van der Waals surface area contributed by atoms with Crippen molar-refractivity contribution in [1.29, 1.82) is 0 Å². The van der Waals surface area contributed by atoms with E-state index in [0.717, 1.165) is 5.56 Å². The molecule has 1 fully saturated rings. The van der Waals surface area contributed by atoms with Gasteiger partial charge in [0.05, 0.1) is 5.92 Å². The standard InChI is InChI=1S/C18H22N4O5/c1-11-19-16(27-22-11)14-9-13(20-17(23)24)7-8-15(14)21-18(25)26-10-12-5-3-2-4-6-12/h2-6,13-15,20H,7-10H2,1H3,(H,21,25)(H,23,24)/t13?,14-,15+/m1/s1. The van der Waals surface area contributed by atoms with E-state index in [1.807, 2.05) is 30.3 Å². The van der Waals surface area contributed by atoms with E-state index in [2.05, 4.69) is 20.8 Å². The molecule has 1 aromatic carbocycles. The smallest absolute Gasteiger partial charge is 0.407 e. The average molecular weight is 374 g/mol. The van der Waals surface area contributed by atoms with Gasteiger partial charge in [0, 0.05) is 12.1 Å². The summed E-state index contributed by atoms with van der Waals surface area (Å²) < 4.78 is 10.6. The van der Waals surface area contributed by atoms with E-state index in [9.17, 15) is 9.59 Å². The summed E-state index contributed by atoms with van der Waals surface area (Å²) in [4.78, 5) is 27.4. The third-order valence-electron chi connectivity index (χ3n) is 4.55. The maximum absolute atomic E-state index is 12.2. The SMILES string of the molecule is Cc1noc([C@@H]2CC(NC(=O)O)CC[C@@H]2NC(=O)OCc2ccccc2)n1. The van der Waals surface area contributed by atoms with E-state index >= 15 is 0 Å². The third-order valence-corrected chi connectivity index (χ3v) is 4.55. The van der Waals surface area contributed by atoms with Crippen LogP contribution in [0.5, 0.6) is 0 Å². The molecule has 0 aliphatic heterocycles. The lowest BCUT2D eigenvalue weighted by molar-refractivity contribution is 0.126. The topological polar surface area (TPSA) is 127 Å². The molecule has 9 heteroatoms. The van der Waals surface area contributed by atoms with Gasteiger partial charge in [-0.2, -0.15) is 4.98 Å². The fourth-order valence-electron chi connectivity index (χ4n) is 3.30. The zero-order valence-electron chi connectivity index (χ0n) is 14.9. The van der Waals surface area contributed by atoms with E-state index in [1.54, 1.807) is 6.92 Å². The Hall–Kier alpha value is -3.10. The Morgan fingerprint density at radius 1 is 1.26 bits per heavy atom. The second kappa shape index (κ2) is 8.52. The lowest BCUT2D eigenvalue weighted by Crippen LogP contribution is -2.47. The minimum absolute atomic E-state index is 0.174. The lowest BCUT2D eigenvalue weighted by Gasteiger charge is -2.34. The van der Waals surface area contributed by atoms with Crippen LogP contribution < -0.4 is 10.6 Å². The van der Waals surface area contributed by atoms with Crippen molar-refractivity contribution >= 4 is 12.2 Å². The first-order valence-corrected chi connectivity index (χ1v) is 8.78. The van der Waals surface area contributed by atoms with Crippen molar-refractivity contribution in [2.24, 2.45) is 0 Å². The van der Waals surface area contributed by atoms with Crippen molar-refractivity contribution in [3.63, 3.8) is 0 Å². The molecule has 2 amide bonds. The van der Waals surface area contributed by atoms with E-state index in [-0.39, 0.29) is 24.6 Å². The number of carbonyl (C=O) groups is 2. The van der Waals surface area contributed by atoms with Gasteiger partial charge in [0.1, 0.15) is 6.61 Å². The molecule has 1 saturated carbocycles. The van der Waals surface area contributed by atoms with Gasteiger partial charge in [0.2, 0.25) is 5.89 Å². The summed E-state index contributed by atoms with van der Waals surface area (Å²) in [5, 5.41) is 18.1. The van der Waals surface area contributed by atoms with Crippen LogP contribution in [0.15, 0.2) is 34.9 Å². The fourth-order valence-corrected chi connectivity index (χ4v) is 3.30. The maximum atomic E-state index is 12.2. The van der Waals surface area contributed by atoms with Crippen LogP contribution in [-0.2, 0) is 11.3 Å². The van der Waals surface area contributed by atoms with Gasteiger partial charge in [0.15, 0.2) is 5.82 Å². The van der Waals surface area contributed by atoms with Crippen LogP contribution in [0.3, 0.4) is 0 Å². The van der Waals surface area contributed by atoms with Crippen molar-refractivity contribution in [3.8, 4) is 0 Å². The number of rotatable bonds is 5. The van der Waals surface area contributed by atoms with Crippen molar-refractivity contribution in [2.45, 2.75) is 50.8 Å². The number of benzene rings is 1. The number of ether oxygens (including phenoxy) is 1. The highest BCUT2D eigenvalue weighted by Gasteiger charge is 2.36. The average Bonchev–Trinajstić information content (AvgIpc) is 3.08. The molecule has 1 aliphatic carbocycles. The molecule has 3 atom stereocenters. The predicted molar refractivity (Wildman–Crippen MR) is 94.1 cm³/mol. The number of carbonyl (C=O) groups excluding carboxylic acids is 1. The predicted octanol–water partition coefficient (Wildman–Crippen LogP) is 2.58. The van der Waals surface area contributed by atoms with Crippen LogP contribution in [0.4, 0.5) is 9.59 Å². The summed E-state index contributed by atoms with van der Waals surface area (Å²) in [6.45, 7) is 1.88. The molecule has 27 heavy (non-hydrogen) atoms. The van der Waals surface area contributed by atoms with E-state index < -0.39 is 12.2 Å². The fraction of sp³-hybridized carbons (Fsp3) is 0.444. The molecule has 0 spiro atoms. The normalized spacial score (nSPS) is 22.0. The summed E-state index contributed by atoms with van der Waals surface area (Å²) in [6.07, 6.45) is 0.0121. The molecule has 9 nitrogen and oxygen atoms in total. The molecule has 1 heterocycles. The van der Waals surface area contributed by atoms with Crippen LogP contribution in [0.2, 0.25) is 0 Å². The number of aryl methyl sites for hydroxylation is 1. The van der Waals surface area contributed by atoms with Crippen LogP contribution in [0, 0.1) is 6.92 Å². The number of hydrogen-bond donors (Lipinski definition) is 3. The number of nitrogens with zero attached hydrogens (tertiary/aromatic N) is 2. The van der Waals surface area contributed by atoms with E-state index in [0.29, 0.717) is 31.0 Å². The lowest BCUT2D eigenvalue weighted by atomic mass is 9.81. The molecule has 1 aliphatic rings. The molecular weight excluding hydrogens is 352 g/mol. The summed E-state index contributed by atoms with van der Waals surface area (Å²) in [5.41, 5.74) is 0.895. The van der Waals surface area contributed by atoms with Crippen molar-refractivity contribution in [2.75, 3.05) is 0 Å². The van der Waals surface area contributed by atoms with Gasteiger partial charge in [-0.25, -0.2) is 9.59 Å². The van der Waals surface area contributed by atoms with Crippen LogP contribution in [-0.4, -0.2) is 39.5 Å². The monoisotopic (exact) mass is 374 g/mol. The molecule has 144 valence electrons. The van der Waals surface area contributed by atoms with Gasteiger partial charge in [-0.3, -0.25) is 0 Å². The van der Waals surface area contributed by atoms with Gasteiger partial charge < -0.3 is 25.0 Å². The molecule has 2 aromatic rings. The highest BCUT2D eigenvalue weighted by Crippen LogP contribution is 2.32. The second-order valence-corrected chi connectivity index (χ2v) is 6.56. The molecule has 3 rings (SSSR count). The number of hydrogen-bond acceptors (Lipinski definition) is 6. The summed E-state index contributed by atoms with van der Waals surface area (Å²) in [7, 11) is 0. The Labute approximate surface area is 156 Å². The molecule has 3 N–H and O–H groups in total. The molecule has 0 bridgehead atoms. The first-order valence-electron chi connectivity index (χ1n) is 8.78. The van der Waals surface area contributed by atoms with Gasteiger partial charge in [-0.1, -0.05) is 35.5 Å². The summed E-state index contributed by atoms with van der Waals surface area (Å²) >= 11 is 0. The van der Waals surface area contributed by atoms with Crippen molar-refractivity contribution in [3.05, 3.63) is 47.6 Å². The van der Waals surface area contributed by atoms with E-state index in [4.69, 9.17) is 14.4 Å². The van der Waals surface area contributed by atoms with Crippen molar-refractivity contribution in [1.82, 2.24) is 20.8 Å². The number of aromatic nitrogens is 2. The number of nitrogens with one attached hydrogen (secondary N) is 2. The van der Waals surface area contributed by atoms with Crippen LogP contribution in [0.25, 0.3) is 0 Å². The van der Waals surface area contributed by atoms with Crippen LogP contribution in [0.1, 0.15) is 42.5 Å². The second-order valence-electron chi connectivity index (χ2n) is 6.56. The zero-order valence-corrected chi connectivity index (χ0v) is 14.9. The Morgan fingerprint density at radius 3 is 2.70 bits per heavy atom. The quantitative estimate of drug-likeness (QED) is 0.734. The maximum Gasteiger partial charge on any atom is 0.407 e. The number of amides is 2. The Bertz CT molecular complexity index is 779. The first-order chi connectivity index (χ1) is 13.0. The van der Waals surface area contributed by atoms with Crippen LogP contribution >= 0.6 is 0 Å². The molecular formula is C18H22N4O5. The van der Waals surface area contributed by atoms with Crippen molar-refractivity contribution < 1.29 is 24.0 Å².